The second-order valence-corrected chi connectivity index (χ2v) is 5.91. The van der Waals surface area contributed by atoms with Crippen molar-refractivity contribution in [2.45, 2.75) is 32.7 Å². The van der Waals surface area contributed by atoms with Crippen LogP contribution in [-0.2, 0) is 0 Å². The van der Waals surface area contributed by atoms with Crippen LogP contribution < -0.4 is 5.32 Å². The first-order valence-corrected chi connectivity index (χ1v) is 7.47. The average Bonchev–Trinajstić information content (AvgIpc) is 2.89. The Bertz CT molecular complexity index is 430. The molecule has 2 atom stereocenters. The number of benzene rings is 1. The van der Waals surface area contributed by atoms with Crippen LogP contribution in [-0.4, -0.2) is 31.1 Å². The van der Waals surface area contributed by atoms with Crippen LogP contribution in [0.5, 0.6) is 0 Å². The summed E-state index contributed by atoms with van der Waals surface area (Å²) in [6.45, 7) is 8.46. The number of nitrogens with zero attached hydrogens (tertiary/aromatic N) is 1. The molecule has 1 aromatic rings. The fourth-order valence-electron chi connectivity index (χ4n) is 2.81. The van der Waals surface area contributed by atoms with Gasteiger partial charge < -0.3 is 10.2 Å². The third-order valence-corrected chi connectivity index (χ3v) is 3.97. The lowest BCUT2D eigenvalue weighted by molar-refractivity contribution is 0.278. The molecule has 0 aromatic heterocycles. The molecule has 0 radical (unpaired) electrons. The predicted molar refractivity (Wildman–Crippen MR) is 77.6 cm³/mol. The quantitative estimate of drug-likeness (QED) is 0.861. The maximum atomic E-state index is 13.7. The lowest BCUT2D eigenvalue weighted by Crippen LogP contribution is -2.32. The molecule has 1 aliphatic rings. The minimum absolute atomic E-state index is 0.100. The van der Waals surface area contributed by atoms with E-state index in [0.29, 0.717) is 11.5 Å². The highest BCUT2D eigenvalue weighted by Crippen LogP contribution is 2.18. The Labute approximate surface area is 120 Å². The molecule has 0 bridgehead atoms. The molecule has 1 N–H and O–H groups in total. The van der Waals surface area contributed by atoms with Crippen molar-refractivity contribution in [1.82, 2.24) is 10.2 Å². The van der Waals surface area contributed by atoms with Gasteiger partial charge in [0.25, 0.3) is 0 Å². The van der Waals surface area contributed by atoms with Crippen molar-refractivity contribution in [2.75, 3.05) is 26.2 Å². The van der Waals surface area contributed by atoms with Gasteiger partial charge in [0.05, 0.1) is 0 Å². The van der Waals surface area contributed by atoms with Crippen molar-refractivity contribution in [3.63, 3.8) is 0 Å². The number of likely N-dealkylation sites (tertiary alicyclic amines) is 1. The Kier molecular flexibility index (Phi) is 5.49. The minimum atomic E-state index is -0.527. The Hall–Kier alpha value is -1.00. The van der Waals surface area contributed by atoms with Gasteiger partial charge in [-0.05, 0) is 51.4 Å². The van der Waals surface area contributed by atoms with Crippen LogP contribution in [0, 0.1) is 17.6 Å². The molecule has 2 nitrogen and oxygen atoms in total. The molecule has 1 aromatic carbocycles. The molecule has 112 valence electrons. The van der Waals surface area contributed by atoms with Gasteiger partial charge >= 0.3 is 0 Å². The topological polar surface area (TPSA) is 15.3 Å². The number of rotatable bonds is 6. The molecular weight excluding hydrogens is 258 g/mol. The third-order valence-electron chi connectivity index (χ3n) is 3.97. The number of hydrogen-bond acceptors (Lipinski definition) is 2. The van der Waals surface area contributed by atoms with Crippen molar-refractivity contribution in [3.05, 3.63) is 35.4 Å². The largest absolute Gasteiger partial charge is 0.310 e. The van der Waals surface area contributed by atoms with Crippen molar-refractivity contribution < 1.29 is 8.78 Å². The van der Waals surface area contributed by atoms with Gasteiger partial charge in [0.2, 0.25) is 0 Å². The first-order valence-electron chi connectivity index (χ1n) is 7.47. The third kappa shape index (κ3) is 4.25. The van der Waals surface area contributed by atoms with Gasteiger partial charge in [0.1, 0.15) is 11.6 Å². The Balaban J connectivity index is 1.80. The summed E-state index contributed by atoms with van der Waals surface area (Å²) >= 11 is 0. The van der Waals surface area contributed by atoms with E-state index in [4.69, 9.17) is 0 Å². The highest BCUT2D eigenvalue weighted by Gasteiger charge is 2.16. The highest BCUT2D eigenvalue weighted by atomic mass is 19.1. The first kappa shape index (κ1) is 15.4. The minimum Gasteiger partial charge on any atom is -0.310 e. The van der Waals surface area contributed by atoms with Gasteiger partial charge in [0.15, 0.2) is 0 Å². The summed E-state index contributed by atoms with van der Waals surface area (Å²) in [6.07, 6.45) is 2.61. The molecule has 1 saturated heterocycles. The van der Waals surface area contributed by atoms with Crippen LogP contribution in [0.1, 0.15) is 38.3 Å². The summed E-state index contributed by atoms with van der Waals surface area (Å²) < 4.78 is 26.6. The molecule has 1 fully saturated rings. The molecule has 0 aliphatic carbocycles. The molecule has 4 heteroatoms. The maximum Gasteiger partial charge on any atom is 0.130 e. The molecular formula is C16H24F2N2. The summed E-state index contributed by atoms with van der Waals surface area (Å²) in [5.74, 6) is -0.475. The van der Waals surface area contributed by atoms with E-state index in [-0.39, 0.29) is 6.04 Å². The first-order chi connectivity index (χ1) is 9.56. The van der Waals surface area contributed by atoms with Gasteiger partial charge in [-0.15, -0.1) is 0 Å². The summed E-state index contributed by atoms with van der Waals surface area (Å²) in [6, 6.07) is 3.68. The van der Waals surface area contributed by atoms with Gasteiger partial charge in [-0.1, -0.05) is 13.0 Å². The van der Waals surface area contributed by atoms with Gasteiger partial charge in [-0.2, -0.15) is 0 Å². The van der Waals surface area contributed by atoms with Crippen LogP contribution in [0.3, 0.4) is 0 Å². The Morgan fingerprint density at radius 1 is 1.20 bits per heavy atom. The number of hydrogen-bond donors (Lipinski definition) is 1. The van der Waals surface area contributed by atoms with E-state index in [9.17, 15) is 8.78 Å². The average molecular weight is 282 g/mol. The second kappa shape index (κ2) is 7.14. The standard InChI is InChI=1S/C16H24F2N2/c1-12(11-20-7-3-4-8-20)10-19-13(2)15-6-5-14(17)9-16(15)18/h5-6,9,12-13,19H,3-4,7-8,10-11H2,1-2H3. The zero-order valence-corrected chi connectivity index (χ0v) is 12.3. The van der Waals surface area contributed by atoms with E-state index in [2.05, 4.69) is 17.1 Å². The zero-order valence-electron chi connectivity index (χ0n) is 12.3. The smallest absolute Gasteiger partial charge is 0.130 e. The van der Waals surface area contributed by atoms with Gasteiger partial charge in [-0.3, -0.25) is 0 Å². The lowest BCUT2D eigenvalue weighted by Gasteiger charge is -2.23. The molecule has 0 spiro atoms. The fraction of sp³-hybridized carbons (Fsp3) is 0.625. The number of halogens is 2. The normalized spacial score (nSPS) is 19.2. The van der Waals surface area contributed by atoms with E-state index >= 15 is 0 Å². The van der Waals surface area contributed by atoms with Crippen LogP contribution in [0.25, 0.3) is 0 Å². The second-order valence-electron chi connectivity index (χ2n) is 5.91. The fourth-order valence-corrected chi connectivity index (χ4v) is 2.81. The highest BCUT2D eigenvalue weighted by molar-refractivity contribution is 5.21. The summed E-state index contributed by atoms with van der Waals surface area (Å²) in [4.78, 5) is 2.48. The number of nitrogens with one attached hydrogen (secondary N) is 1. The van der Waals surface area contributed by atoms with Crippen LogP contribution in [0.15, 0.2) is 18.2 Å². The predicted octanol–water partition coefficient (Wildman–Crippen LogP) is 3.35. The van der Waals surface area contributed by atoms with Crippen molar-refractivity contribution in [3.8, 4) is 0 Å². The molecule has 1 heterocycles. The lowest BCUT2D eigenvalue weighted by atomic mass is 10.1. The van der Waals surface area contributed by atoms with E-state index < -0.39 is 11.6 Å². The Morgan fingerprint density at radius 3 is 2.55 bits per heavy atom. The van der Waals surface area contributed by atoms with Gasteiger partial charge in [0, 0.05) is 24.2 Å². The van der Waals surface area contributed by atoms with Crippen molar-refractivity contribution >= 4 is 0 Å². The van der Waals surface area contributed by atoms with Crippen molar-refractivity contribution in [1.29, 1.82) is 0 Å². The van der Waals surface area contributed by atoms with Crippen LogP contribution in [0.2, 0.25) is 0 Å². The zero-order chi connectivity index (χ0) is 14.5. The Morgan fingerprint density at radius 2 is 1.90 bits per heavy atom. The summed E-state index contributed by atoms with van der Waals surface area (Å²) in [7, 11) is 0. The molecule has 2 unspecified atom stereocenters. The summed E-state index contributed by atoms with van der Waals surface area (Å²) in [5.41, 5.74) is 0.528. The maximum absolute atomic E-state index is 13.7. The molecule has 1 aliphatic heterocycles. The SMILES string of the molecule is CC(CNC(C)c1ccc(F)cc1F)CN1CCCC1. The van der Waals surface area contributed by atoms with Crippen molar-refractivity contribution in [2.24, 2.45) is 5.92 Å². The van der Waals surface area contributed by atoms with Crippen LogP contribution >= 0.6 is 0 Å². The molecule has 0 amide bonds. The monoisotopic (exact) mass is 282 g/mol. The van der Waals surface area contributed by atoms with E-state index in [1.54, 1.807) is 0 Å². The summed E-state index contributed by atoms with van der Waals surface area (Å²) in [5, 5.41) is 3.34. The van der Waals surface area contributed by atoms with E-state index in [0.717, 1.165) is 19.2 Å². The van der Waals surface area contributed by atoms with Crippen LogP contribution in [0.4, 0.5) is 8.78 Å². The molecule has 20 heavy (non-hydrogen) atoms. The molecule has 2 rings (SSSR count). The molecule has 0 saturated carbocycles. The van der Waals surface area contributed by atoms with E-state index in [1.807, 2.05) is 6.92 Å². The van der Waals surface area contributed by atoms with E-state index in [1.165, 1.54) is 38.1 Å². The van der Waals surface area contributed by atoms with Gasteiger partial charge in [-0.25, -0.2) is 8.78 Å².